The lowest BCUT2D eigenvalue weighted by molar-refractivity contribution is -0.156. The maximum atomic E-state index is 14.2. The molecule has 0 bridgehead atoms. The Morgan fingerprint density at radius 2 is 1.87 bits per heavy atom. The van der Waals surface area contributed by atoms with E-state index < -0.39 is 17.9 Å². The van der Waals surface area contributed by atoms with E-state index in [0.29, 0.717) is 38.4 Å². The van der Waals surface area contributed by atoms with Crippen LogP contribution >= 0.6 is 0 Å². The maximum Gasteiger partial charge on any atom is 0.470 e. The Balaban J connectivity index is 1.77. The first kappa shape index (κ1) is 15.9. The van der Waals surface area contributed by atoms with E-state index >= 15 is 0 Å². The molecule has 1 fully saturated rings. The second-order valence-corrected chi connectivity index (χ2v) is 5.10. The number of hydrogen-bond acceptors (Lipinski definition) is 5. The van der Waals surface area contributed by atoms with Crippen LogP contribution in [-0.2, 0) is 17.5 Å². The highest BCUT2D eigenvalue weighted by atomic mass is 19.4. The number of halogens is 4. The fourth-order valence-corrected chi connectivity index (χ4v) is 2.26. The molecule has 9 heteroatoms. The van der Waals surface area contributed by atoms with Crippen molar-refractivity contribution >= 4 is 0 Å². The average Bonchev–Trinajstić information content (AvgIpc) is 3.00. The molecule has 0 atom stereocenters. The van der Waals surface area contributed by atoms with E-state index in [1.807, 2.05) is 4.90 Å². The van der Waals surface area contributed by atoms with Crippen LogP contribution in [0.5, 0.6) is 0 Å². The Kier molecular flexibility index (Phi) is 4.31. The van der Waals surface area contributed by atoms with Crippen molar-refractivity contribution in [1.82, 2.24) is 15.1 Å². The van der Waals surface area contributed by atoms with E-state index in [1.54, 1.807) is 0 Å². The van der Waals surface area contributed by atoms with Crippen LogP contribution in [-0.4, -0.2) is 41.4 Å². The number of alkyl halides is 3. The van der Waals surface area contributed by atoms with Gasteiger partial charge in [0.1, 0.15) is 5.82 Å². The molecule has 1 saturated heterocycles. The van der Waals surface area contributed by atoms with Gasteiger partial charge in [0.05, 0.1) is 13.2 Å². The van der Waals surface area contributed by atoms with E-state index in [4.69, 9.17) is 4.74 Å². The first-order chi connectivity index (χ1) is 10.9. The van der Waals surface area contributed by atoms with Gasteiger partial charge in [0.25, 0.3) is 0 Å². The summed E-state index contributed by atoms with van der Waals surface area (Å²) in [6, 6.07) is 4.08. The number of nitrogens with zero attached hydrogens (tertiary/aromatic N) is 3. The standard InChI is InChI=1S/C14H13F4N3O2/c15-11-7-9(12-19-20-13(23-12)14(16,17)18)1-2-10(11)8-21-3-5-22-6-4-21/h1-2,7H,3-6,8H2. The maximum absolute atomic E-state index is 14.2. The molecule has 2 aromatic rings. The minimum atomic E-state index is -4.72. The molecule has 0 saturated carbocycles. The molecule has 1 aromatic heterocycles. The second-order valence-electron chi connectivity index (χ2n) is 5.10. The van der Waals surface area contributed by atoms with Crippen molar-refractivity contribution in [2.75, 3.05) is 26.3 Å². The zero-order chi connectivity index (χ0) is 16.4. The largest absolute Gasteiger partial charge is 0.470 e. The highest BCUT2D eigenvalue weighted by molar-refractivity contribution is 5.53. The molecule has 1 aliphatic heterocycles. The molecule has 0 spiro atoms. The van der Waals surface area contributed by atoms with Crippen molar-refractivity contribution in [3.05, 3.63) is 35.5 Å². The monoisotopic (exact) mass is 331 g/mol. The third-order valence-electron chi connectivity index (χ3n) is 3.47. The molecule has 124 valence electrons. The van der Waals surface area contributed by atoms with Gasteiger partial charge in [-0.3, -0.25) is 4.90 Å². The topological polar surface area (TPSA) is 51.4 Å². The fraction of sp³-hybridized carbons (Fsp3) is 0.429. The molecule has 2 heterocycles. The second kappa shape index (κ2) is 6.25. The van der Waals surface area contributed by atoms with Crippen LogP contribution < -0.4 is 0 Å². The van der Waals surface area contributed by atoms with Crippen LogP contribution in [0.15, 0.2) is 22.6 Å². The number of hydrogen-bond donors (Lipinski definition) is 0. The van der Waals surface area contributed by atoms with Gasteiger partial charge in [-0.15, -0.1) is 10.2 Å². The van der Waals surface area contributed by atoms with Crippen LogP contribution in [0.1, 0.15) is 11.5 Å². The number of aromatic nitrogens is 2. The highest BCUT2D eigenvalue weighted by Crippen LogP contribution is 2.30. The first-order valence-electron chi connectivity index (χ1n) is 6.93. The Morgan fingerprint density at radius 1 is 1.13 bits per heavy atom. The number of morpholine rings is 1. The molecular formula is C14H13F4N3O2. The summed E-state index contributed by atoms with van der Waals surface area (Å²) in [5.74, 6) is -2.35. The summed E-state index contributed by atoms with van der Waals surface area (Å²) in [5, 5.41) is 6.23. The average molecular weight is 331 g/mol. The lowest BCUT2D eigenvalue weighted by Crippen LogP contribution is -2.35. The molecule has 0 radical (unpaired) electrons. The van der Waals surface area contributed by atoms with Gasteiger partial charge in [-0.1, -0.05) is 6.07 Å². The lowest BCUT2D eigenvalue weighted by atomic mass is 10.1. The van der Waals surface area contributed by atoms with E-state index in [1.165, 1.54) is 12.1 Å². The third-order valence-corrected chi connectivity index (χ3v) is 3.47. The summed E-state index contributed by atoms with van der Waals surface area (Å²) < 4.78 is 61.2. The quantitative estimate of drug-likeness (QED) is 0.810. The van der Waals surface area contributed by atoms with Crippen LogP contribution in [0, 0.1) is 5.82 Å². The van der Waals surface area contributed by atoms with Gasteiger partial charge in [0.2, 0.25) is 5.89 Å². The third kappa shape index (κ3) is 3.67. The zero-order valence-corrected chi connectivity index (χ0v) is 11.9. The summed E-state index contributed by atoms with van der Waals surface area (Å²) in [4.78, 5) is 2.04. The molecule has 5 nitrogen and oxygen atoms in total. The SMILES string of the molecule is Fc1cc(-c2nnc(C(F)(F)F)o2)ccc1CN1CCOCC1. The van der Waals surface area contributed by atoms with Gasteiger partial charge >= 0.3 is 12.1 Å². The van der Waals surface area contributed by atoms with Crippen LogP contribution in [0.25, 0.3) is 11.5 Å². The van der Waals surface area contributed by atoms with Crippen molar-refractivity contribution in [3.8, 4) is 11.5 Å². The van der Waals surface area contributed by atoms with Gasteiger partial charge in [0.15, 0.2) is 0 Å². The van der Waals surface area contributed by atoms with E-state index in [2.05, 4.69) is 14.6 Å². The smallest absolute Gasteiger partial charge is 0.413 e. The summed E-state index contributed by atoms with van der Waals surface area (Å²) in [7, 11) is 0. The summed E-state index contributed by atoms with van der Waals surface area (Å²) >= 11 is 0. The molecule has 0 aliphatic carbocycles. The molecule has 1 aliphatic rings. The highest BCUT2D eigenvalue weighted by Gasteiger charge is 2.38. The molecule has 0 unspecified atom stereocenters. The predicted molar refractivity (Wildman–Crippen MR) is 70.8 cm³/mol. The van der Waals surface area contributed by atoms with Gasteiger partial charge in [0, 0.05) is 30.8 Å². The zero-order valence-electron chi connectivity index (χ0n) is 11.9. The summed E-state index contributed by atoms with van der Waals surface area (Å²) in [6.45, 7) is 3.02. The molecule has 3 rings (SSSR count). The summed E-state index contributed by atoms with van der Waals surface area (Å²) in [6.07, 6.45) is -4.72. The van der Waals surface area contributed by atoms with E-state index in [9.17, 15) is 17.6 Å². The fourth-order valence-electron chi connectivity index (χ4n) is 2.26. The van der Waals surface area contributed by atoms with Crippen molar-refractivity contribution in [2.24, 2.45) is 0 Å². The Labute approximate surface area is 128 Å². The number of rotatable bonds is 3. The van der Waals surface area contributed by atoms with Crippen molar-refractivity contribution in [3.63, 3.8) is 0 Å². The van der Waals surface area contributed by atoms with Gasteiger partial charge in [-0.05, 0) is 12.1 Å². The molecule has 0 N–H and O–H groups in total. The van der Waals surface area contributed by atoms with Crippen molar-refractivity contribution in [2.45, 2.75) is 12.7 Å². The Bertz CT molecular complexity index is 681. The minimum Gasteiger partial charge on any atom is -0.413 e. The molecule has 1 aromatic carbocycles. The van der Waals surface area contributed by atoms with Crippen LogP contribution in [0.2, 0.25) is 0 Å². The van der Waals surface area contributed by atoms with Gasteiger partial charge in [-0.25, -0.2) is 4.39 Å². The normalized spacial score (nSPS) is 16.7. The van der Waals surface area contributed by atoms with E-state index in [0.717, 1.165) is 6.07 Å². The Morgan fingerprint density at radius 3 is 2.48 bits per heavy atom. The van der Waals surface area contributed by atoms with E-state index in [-0.39, 0.29) is 11.5 Å². The molecule has 0 amide bonds. The van der Waals surface area contributed by atoms with Gasteiger partial charge < -0.3 is 9.15 Å². The first-order valence-corrected chi connectivity index (χ1v) is 6.93. The number of benzene rings is 1. The van der Waals surface area contributed by atoms with Crippen molar-refractivity contribution < 1.29 is 26.7 Å². The predicted octanol–water partition coefficient (Wildman–Crippen LogP) is 2.73. The minimum absolute atomic E-state index is 0.108. The molecular weight excluding hydrogens is 318 g/mol. The van der Waals surface area contributed by atoms with Crippen molar-refractivity contribution in [1.29, 1.82) is 0 Å². The Hall–Kier alpha value is -2.00. The molecule has 23 heavy (non-hydrogen) atoms. The van der Waals surface area contributed by atoms with Crippen LogP contribution in [0.4, 0.5) is 17.6 Å². The summed E-state index contributed by atoms with van der Waals surface area (Å²) in [5.41, 5.74) is 0.558. The number of ether oxygens (including phenoxy) is 1. The van der Waals surface area contributed by atoms with Crippen LogP contribution in [0.3, 0.4) is 0 Å². The lowest BCUT2D eigenvalue weighted by Gasteiger charge is -2.26. The van der Waals surface area contributed by atoms with Gasteiger partial charge in [-0.2, -0.15) is 13.2 Å².